The molecule has 0 spiro atoms. The number of hydrogen-bond donors (Lipinski definition) is 0. The van der Waals surface area contributed by atoms with Crippen LogP contribution in [0, 0.1) is 41.9 Å². The van der Waals surface area contributed by atoms with Gasteiger partial charge in [-0.05, 0) is 116 Å². The molecule has 4 nitrogen and oxygen atoms in total. The fraction of sp³-hybridized carbons (Fsp3) is 0.158. The molecule has 0 aliphatic rings. The molecule has 0 aromatic heterocycles. The molecule has 0 radical (unpaired) electrons. The van der Waals surface area contributed by atoms with Crippen molar-refractivity contribution in [2.75, 3.05) is 12.4 Å². The van der Waals surface area contributed by atoms with E-state index < -0.39 is 0 Å². The van der Waals surface area contributed by atoms with Crippen molar-refractivity contribution in [1.82, 2.24) is 0 Å². The van der Waals surface area contributed by atoms with Crippen LogP contribution in [0.25, 0.3) is 0 Å². The van der Waals surface area contributed by atoms with E-state index in [-0.39, 0.29) is 5.97 Å². The highest BCUT2D eigenvalue weighted by atomic mass is 32.2. The van der Waals surface area contributed by atoms with Gasteiger partial charge < -0.3 is 9.47 Å². The number of benzene rings is 4. The molecule has 0 aliphatic carbocycles. The smallest absolute Gasteiger partial charge is 0.330 e. The second kappa shape index (κ2) is 16.3. The number of carbonyl (C=O) groups is 1. The van der Waals surface area contributed by atoms with Gasteiger partial charge in [-0.15, -0.1) is 11.8 Å². The third kappa shape index (κ3) is 10.3. The fourth-order valence-electron chi connectivity index (χ4n) is 3.91. The van der Waals surface area contributed by atoms with Crippen molar-refractivity contribution in [2.24, 2.45) is 0 Å². The van der Waals surface area contributed by atoms with E-state index >= 15 is 0 Å². The monoisotopic (exact) mass is 581 g/mol. The lowest BCUT2D eigenvalue weighted by Crippen LogP contribution is -2.01. The molecule has 212 valence electrons. The summed E-state index contributed by atoms with van der Waals surface area (Å²) >= 11 is 1.78. The molecule has 0 saturated heterocycles. The zero-order valence-electron chi connectivity index (χ0n) is 24.1. The van der Waals surface area contributed by atoms with E-state index in [1.807, 2.05) is 73.7 Å². The second-order valence-corrected chi connectivity index (χ2v) is 10.8. The van der Waals surface area contributed by atoms with Crippen LogP contribution in [0.4, 0.5) is 0 Å². The van der Waals surface area contributed by atoms with Gasteiger partial charge in [0, 0.05) is 33.2 Å². The number of carbonyl (C=O) groups excluding carboxylic acids is 1. The average molecular weight is 582 g/mol. The molecular weight excluding hydrogens is 550 g/mol. The van der Waals surface area contributed by atoms with Crippen LogP contribution in [0.5, 0.6) is 5.75 Å². The number of esters is 1. The first-order valence-electron chi connectivity index (χ1n) is 13.9. The lowest BCUT2D eigenvalue weighted by Gasteiger charge is -2.09. The lowest BCUT2D eigenvalue weighted by atomic mass is 10.1. The first-order chi connectivity index (χ1) is 21.0. The molecule has 4 aromatic rings. The highest BCUT2D eigenvalue weighted by Gasteiger charge is 2.02. The number of ether oxygens (including phenoxy) is 2. The summed E-state index contributed by atoms with van der Waals surface area (Å²) in [7, 11) is 0. The third-order valence-corrected chi connectivity index (χ3v) is 7.41. The summed E-state index contributed by atoms with van der Waals surface area (Å²) in [5, 5.41) is 8.92. The predicted octanol–water partition coefficient (Wildman–Crippen LogP) is 7.85. The summed E-state index contributed by atoms with van der Waals surface area (Å²) in [6, 6.07) is 31.6. The van der Waals surface area contributed by atoms with Crippen molar-refractivity contribution in [3.63, 3.8) is 0 Å². The van der Waals surface area contributed by atoms with Gasteiger partial charge in [-0.1, -0.05) is 42.4 Å². The van der Waals surface area contributed by atoms with Crippen LogP contribution in [-0.2, 0) is 16.1 Å². The second-order valence-electron chi connectivity index (χ2n) is 9.61. The molecule has 0 saturated carbocycles. The minimum atomic E-state index is -0.368. The highest BCUT2D eigenvalue weighted by Crippen LogP contribution is 2.21. The molecular formula is C38H31NO3S. The first-order valence-corrected chi connectivity index (χ1v) is 14.9. The molecule has 0 aliphatic heterocycles. The highest BCUT2D eigenvalue weighted by molar-refractivity contribution is 7.99. The molecule has 43 heavy (non-hydrogen) atoms. The van der Waals surface area contributed by atoms with Crippen LogP contribution in [0.1, 0.15) is 51.8 Å². The molecule has 0 atom stereocenters. The molecule has 0 amide bonds. The zero-order valence-corrected chi connectivity index (χ0v) is 24.9. The minimum Gasteiger partial charge on any atom is -0.489 e. The number of aryl methyl sites for hydroxylation is 1. The van der Waals surface area contributed by atoms with Crippen molar-refractivity contribution < 1.29 is 14.3 Å². The molecule has 4 rings (SSSR count). The minimum absolute atomic E-state index is 0.368. The molecule has 5 heteroatoms. The number of thioether (sulfide) groups is 1. The van der Waals surface area contributed by atoms with E-state index in [0.29, 0.717) is 18.8 Å². The molecule has 0 N–H and O–H groups in total. The fourth-order valence-corrected chi connectivity index (χ4v) is 4.82. The summed E-state index contributed by atoms with van der Waals surface area (Å²) in [4.78, 5) is 12.2. The standard InChI is InChI=1S/C38H31NO3S/c1-3-38(40)41-24-4-5-25-43-36-21-18-32(19-22-36)7-6-30-11-16-35(17-12-30)28-42-37-23-20-33(26-29(37)2)13-8-31-9-14-34(27-39)15-10-31/h3,9-12,14-23,26H,1,4-5,24-25,28H2,2H3. The Morgan fingerprint density at radius 3 is 1.95 bits per heavy atom. The SMILES string of the molecule is C=CC(=O)OCCCCSc1ccc(C#Cc2ccc(COc3ccc(C#Cc4ccc(C#N)cc4)cc3C)cc2)cc1. The summed E-state index contributed by atoms with van der Waals surface area (Å²) in [6.45, 7) is 6.30. The third-order valence-electron chi connectivity index (χ3n) is 6.31. The Morgan fingerprint density at radius 2 is 1.35 bits per heavy atom. The van der Waals surface area contributed by atoms with Gasteiger partial charge in [0.2, 0.25) is 0 Å². The van der Waals surface area contributed by atoms with Crippen LogP contribution in [0.2, 0.25) is 0 Å². The summed E-state index contributed by atoms with van der Waals surface area (Å²) in [6.07, 6.45) is 3.00. The number of nitrogens with zero attached hydrogens (tertiary/aromatic N) is 1. The van der Waals surface area contributed by atoms with Crippen molar-refractivity contribution in [2.45, 2.75) is 31.3 Å². The van der Waals surface area contributed by atoms with Gasteiger partial charge >= 0.3 is 5.97 Å². The van der Waals surface area contributed by atoms with Crippen LogP contribution < -0.4 is 4.74 Å². The number of nitriles is 1. The Labute approximate surface area is 258 Å². The largest absolute Gasteiger partial charge is 0.489 e. The predicted molar refractivity (Wildman–Crippen MR) is 173 cm³/mol. The Kier molecular flexibility index (Phi) is 11.7. The normalized spacial score (nSPS) is 9.86. The van der Waals surface area contributed by atoms with Crippen molar-refractivity contribution >= 4 is 17.7 Å². The Balaban J connectivity index is 1.23. The van der Waals surface area contributed by atoms with Gasteiger partial charge in [0.05, 0.1) is 18.2 Å². The summed E-state index contributed by atoms with van der Waals surface area (Å²) in [5.74, 6) is 14.2. The number of rotatable bonds is 10. The van der Waals surface area contributed by atoms with E-state index in [4.69, 9.17) is 14.7 Å². The lowest BCUT2D eigenvalue weighted by molar-refractivity contribution is -0.137. The molecule has 0 heterocycles. The van der Waals surface area contributed by atoms with Gasteiger partial charge in [0.15, 0.2) is 0 Å². The topological polar surface area (TPSA) is 59.3 Å². The molecule has 0 fully saturated rings. The Hall–Kier alpha value is -5.15. The van der Waals surface area contributed by atoms with Gasteiger partial charge in [0.25, 0.3) is 0 Å². The Bertz CT molecular complexity index is 1710. The van der Waals surface area contributed by atoms with E-state index in [2.05, 4.69) is 48.5 Å². The molecule has 4 aromatic carbocycles. The summed E-state index contributed by atoms with van der Waals surface area (Å²) in [5.41, 5.74) is 6.39. The van der Waals surface area contributed by atoms with Gasteiger partial charge in [-0.25, -0.2) is 4.79 Å². The van der Waals surface area contributed by atoms with Crippen LogP contribution in [0.3, 0.4) is 0 Å². The van der Waals surface area contributed by atoms with Crippen LogP contribution >= 0.6 is 11.8 Å². The maximum absolute atomic E-state index is 11.0. The number of hydrogen-bond acceptors (Lipinski definition) is 5. The molecule has 0 unspecified atom stereocenters. The van der Waals surface area contributed by atoms with Gasteiger partial charge in [0.1, 0.15) is 12.4 Å². The van der Waals surface area contributed by atoms with Crippen LogP contribution in [0.15, 0.2) is 109 Å². The van der Waals surface area contributed by atoms with E-state index in [1.54, 1.807) is 23.9 Å². The first kappa shape index (κ1) is 30.8. The number of unbranched alkanes of at least 4 members (excludes halogenated alkanes) is 1. The van der Waals surface area contributed by atoms with Gasteiger partial charge in [-0.2, -0.15) is 5.26 Å². The van der Waals surface area contributed by atoms with E-state index in [9.17, 15) is 4.79 Å². The maximum Gasteiger partial charge on any atom is 0.330 e. The quantitative estimate of drug-likeness (QED) is 0.0628. The van der Waals surface area contributed by atoms with Crippen molar-refractivity contribution in [1.29, 1.82) is 5.26 Å². The van der Waals surface area contributed by atoms with E-state index in [0.717, 1.165) is 57.7 Å². The van der Waals surface area contributed by atoms with Crippen molar-refractivity contribution in [3.05, 3.63) is 143 Å². The summed E-state index contributed by atoms with van der Waals surface area (Å²) < 4.78 is 11.1. The molecule has 0 bridgehead atoms. The van der Waals surface area contributed by atoms with Crippen LogP contribution in [-0.4, -0.2) is 18.3 Å². The maximum atomic E-state index is 11.0. The Morgan fingerprint density at radius 1 is 0.791 bits per heavy atom. The average Bonchev–Trinajstić information content (AvgIpc) is 3.05. The van der Waals surface area contributed by atoms with Gasteiger partial charge in [-0.3, -0.25) is 0 Å². The van der Waals surface area contributed by atoms with E-state index in [1.165, 1.54) is 11.0 Å². The zero-order chi connectivity index (χ0) is 30.3. The van der Waals surface area contributed by atoms with Crippen molar-refractivity contribution in [3.8, 4) is 35.5 Å².